The van der Waals surface area contributed by atoms with Crippen LogP contribution < -0.4 is 5.32 Å². The Hall–Kier alpha value is -2.14. The average molecular weight is 313 g/mol. The van der Waals surface area contributed by atoms with Gasteiger partial charge in [-0.05, 0) is 24.0 Å². The van der Waals surface area contributed by atoms with Crippen molar-refractivity contribution in [2.24, 2.45) is 0 Å². The standard InChI is InChI=1S/C18H23N3O2/c22-17(11-18(23)6-1-2-7-18)20-12-15-4-3-5-16(10-15)13-21-9-8-19-14-21/h3-5,8-10,14,23H,1-2,6-7,11-13H2,(H,20,22). The highest BCUT2D eigenvalue weighted by molar-refractivity contribution is 5.77. The van der Waals surface area contributed by atoms with Crippen LogP contribution >= 0.6 is 0 Å². The average Bonchev–Trinajstić information content (AvgIpc) is 3.18. The van der Waals surface area contributed by atoms with Crippen LogP contribution in [0.25, 0.3) is 0 Å². The Morgan fingerprint density at radius 3 is 2.83 bits per heavy atom. The molecule has 122 valence electrons. The monoisotopic (exact) mass is 313 g/mol. The van der Waals surface area contributed by atoms with Gasteiger partial charge in [-0.25, -0.2) is 4.98 Å². The Morgan fingerprint density at radius 1 is 1.30 bits per heavy atom. The molecule has 1 aliphatic carbocycles. The number of carbonyl (C=O) groups excluding carboxylic acids is 1. The molecule has 0 unspecified atom stereocenters. The van der Waals surface area contributed by atoms with Gasteiger partial charge in [-0.1, -0.05) is 37.1 Å². The number of amides is 1. The van der Waals surface area contributed by atoms with E-state index in [1.165, 1.54) is 5.56 Å². The highest BCUT2D eigenvalue weighted by atomic mass is 16.3. The predicted octanol–water partition coefficient (Wildman–Crippen LogP) is 2.24. The first kappa shape index (κ1) is 15.7. The predicted molar refractivity (Wildman–Crippen MR) is 87.7 cm³/mol. The van der Waals surface area contributed by atoms with Crippen molar-refractivity contribution in [3.8, 4) is 0 Å². The number of hydrogen-bond donors (Lipinski definition) is 2. The lowest BCUT2D eigenvalue weighted by Crippen LogP contribution is -2.34. The Bertz CT molecular complexity index is 646. The van der Waals surface area contributed by atoms with Crippen LogP contribution in [0.15, 0.2) is 43.0 Å². The van der Waals surface area contributed by atoms with Gasteiger partial charge in [-0.15, -0.1) is 0 Å². The van der Waals surface area contributed by atoms with Crippen LogP contribution in [0.5, 0.6) is 0 Å². The number of nitrogens with zero attached hydrogens (tertiary/aromatic N) is 2. The molecule has 0 atom stereocenters. The highest BCUT2D eigenvalue weighted by Crippen LogP contribution is 2.32. The summed E-state index contributed by atoms with van der Waals surface area (Å²) in [6.07, 6.45) is 9.19. The molecule has 2 N–H and O–H groups in total. The van der Waals surface area contributed by atoms with Crippen molar-refractivity contribution in [1.29, 1.82) is 0 Å². The zero-order valence-electron chi connectivity index (χ0n) is 13.2. The number of imidazole rings is 1. The van der Waals surface area contributed by atoms with E-state index in [4.69, 9.17) is 0 Å². The number of carbonyl (C=O) groups is 1. The molecule has 1 fully saturated rings. The van der Waals surface area contributed by atoms with Crippen molar-refractivity contribution in [3.05, 3.63) is 54.1 Å². The van der Waals surface area contributed by atoms with E-state index in [9.17, 15) is 9.90 Å². The largest absolute Gasteiger partial charge is 0.389 e. The molecule has 1 saturated carbocycles. The summed E-state index contributed by atoms with van der Waals surface area (Å²) in [7, 11) is 0. The minimum Gasteiger partial charge on any atom is -0.389 e. The summed E-state index contributed by atoms with van der Waals surface area (Å²) in [4.78, 5) is 16.1. The summed E-state index contributed by atoms with van der Waals surface area (Å²) < 4.78 is 2.01. The van der Waals surface area contributed by atoms with Crippen LogP contribution in [0.3, 0.4) is 0 Å². The van der Waals surface area contributed by atoms with Crippen molar-refractivity contribution in [3.63, 3.8) is 0 Å². The summed E-state index contributed by atoms with van der Waals surface area (Å²) in [6.45, 7) is 1.26. The molecule has 0 saturated heterocycles. The molecule has 2 aromatic rings. The van der Waals surface area contributed by atoms with E-state index < -0.39 is 5.60 Å². The topological polar surface area (TPSA) is 67.2 Å². The van der Waals surface area contributed by atoms with Gasteiger partial charge in [0.15, 0.2) is 0 Å². The van der Waals surface area contributed by atoms with Gasteiger partial charge in [0.05, 0.1) is 18.3 Å². The summed E-state index contributed by atoms with van der Waals surface area (Å²) in [5.74, 6) is -0.0746. The molecule has 1 heterocycles. The van der Waals surface area contributed by atoms with Crippen LogP contribution in [0.4, 0.5) is 0 Å². The number of rotatable bonds is 6. The van der Waals surface area contributed by atoms with E-state index in [1.807, 2.05) is 22.9 Å². The second-order valence-electron chi connectivity index (χ2n) is 6.44. The molecular weight excluding hydrogens is 290 g/mol. The lowest BCUT2D eigenvalue weighted by atomic mass is 9.97. The zero-order chi connectivity index (χ0) is 16.1. The van der Waals surface area contributed by atoms with E-state index in [0.717, 1.165) is 37.8 Å². The van der Waals surface area contributed by atoms with Gasteiger partial charge in [0, 0.05) is 25.5 Å². The third kappa shape index (κ3) is 4.42. The van der Waals surface area contributed by atoms with Crippen LogP contribution in [0.1, 0.15) is 43.2 Å². The normalized spacial score (nSPS) is 16.4. The minimum atomic E-state index is -0.784. The van der Waals surface area contributed by atoms with Gasteiger partial charge in [-0.3, -0.25) is 4.79 Å². The maximum Gasteiger partial charge on any atom is 0.223 e. The number of aromatic nitrogens is 2. The van der Waals surface area contributed by atoms with Crippen molar-refractivity contribution in [1.82, 2.24) is 14.9 Å². The molecule has 5 nitrogen and oxygen atoms in total. The van der Waals surface area contributed by atoms with Crippen molar-refractivity contribution >= 4 is 5.91 Å². The van der Waals surface area contributed by atoms with Crippen LogP contribution in [0.2, 0.25) is 0 Å². The fourth-order valence-corrected chi connectivity index (χ4v) is 3.20. The van der Waals surface area contributed by atoms with Crippen molar-refractivity contribution in [2.45, 2.75) is 50.8 Å². The van der Waals surface area contributed by atoms with Crippen molar-refractivity contribution in [2.75, 3.05) is 0 Å². The molecule has 1 aliphatic rings. The van der Waals surface area contributed by atoms with Gasteiger partial charge >= 0.3 is 0 Å². The number of benzene rings is 1. The fraction of sp³-hybridized carbons (Fsp3) is 0.444. The van der Waals surface area contributed by atoms with E-state index >= 15 is 0 Å². The number of nitrogens with one attached hydrogen (secondary N) is 1. The molecule has 0 spiro atoms. The van der Waals surface area contributed by atoms with Gasteiger partial charge in [-0.2, -0.15) is 0 Å². The Balaban J connectivity index is 1.52. The third-order valence-electron chi connectivity index (χ3n) is 4.43. The van der Waals surface area contributed by atoms with Crippen LogP contribution in [-0.4, -0.2) is 26.2 Å². The maximum atomic E-state index is 12.0. The molecule has 1 aromatic carbocycles. The molecule has 0 radical (unpaired) electrons. The van der Waals surface area contributed by atoms with Gasteiger partial charge in [0.25, 0.3) is 0 Å². The molecule has 23 heavy (non-hydrogen) atoms. The summed E-state index contributed by atoms with van der Waals surface area (Å²) >= 11 is 0. The summed E-state index contributed by atoms with van der Waals surface area (Å²) in [5.41, 5.74) is 1.45. The molecule has 0 bridgehead atoms. The molecule has 1 aromatic heterocycles. The maximum absolute atomic E-state index is 12.0. The van der Waals surface area contributed by atoms with Crippen LogP contribution in [0, 0.1) is 0 Å². The van der Waals surface area contributed by atoms with Gasteiger partial charge < -0.3 is 15.0 Å². The molecule has 0 aliphatic heterocycles. The highest BCUT2D eigenvalue weighted by Gasteiger charge is 2.33. The minimum absolute atomic E-state index is 0.0746. The fourth-order valence-electron chi connectivity index (χ4n) is 3.20. The molecule has 3 rings (SSSR count). The zero-order valence-corrected chi connectivity index (χ0v) is 13.2. The quantitative estimate of drug-likeness (QED) is 0.859. The Kier molecular flexibility index (Phi) is 4.76. The van der Waals surface area contributed by atoms with Gasteiger partial charge in [0.2, 0.25) is 5.91 Å². The Labute approximate surface area is 136 Å². The van der Waals surface area contributed by atoms with E-state index in [1.54, 1.807) is 12.5 Å². The summed E-state index contributed by atoms with van der Waals surface area (Å²) in [6, 6.07) is 8.15. The molecule has 5 heteroatoms. The van der Waals surface area contributed by atoms with Crippen molar-refractivity contribution < 1.29 is 9.90 Å². The first-order valence-electron chi connectivity index (χ1n) is 8.16. The number of hydrogen-bond acceptors (Lipinski definition) is 3. The molecular formula is C18H23N3O2. The lowest BCUT2D eigenvalue weighted by molar-refractivity contribution is -0.126. The third-order valence-corrected chi connectivity index (χ3v) is 4.43. The van der Waals surface area contributed by atoms with E-state index in [0.29, 0.717) is 6.54 Å². The van der Waals surface area contributed by atoms with Crippen LogP contribution in [-0.2, 0) is 17.9 Å². The Morgan fingerprint density at radius 2 is 2.09 bits per heavy atom. The first-order valence-corrected chi connectivity index (χ1v) is 8.16. The van der Waals surface area contributed by atoms with Gasteiger partial charge in [0.1, 0.15) is 0 Å². The second-order valence-corrected chi connectivity index (χ2v) is 6.44. The van der Waals surface area contributed by atoms with E-state index in [-0.39, 0.29) is 12.3 Å². The van der Waals surface area contributed by atoms with E-state index in [2.05, 4.69) is 22.4 Å². The number of aliphatic hydroxyl groups is 1. The lowest BCUT2D eigenvalue weighted by Gasteiger charge is -2.21. The molecule has 1 amide bonds. The summed E-state index contributed by atoms with van der Waals surface area (Å²) in [5, 5.41) is 13.2. The SMILES string of the molecule is O=C(CC1(O)CCCC1)NCc1cccc(Cn2ccnc2)c1. The first-order chi connectivity index (χ1) is 11.1. The smallest absolute Gasteiger partial charge is 0.223 e. The second kappa shape index (κ2) is 6.96.